The van der Waals surface area contributed by atoms with E-state index in [1.807, 2.05) is 25.8 Å². The van der Waals surface area contributed by atoms with Crippen LogP contribution in [0.4, 0.5) is 14.5 Å². The zero-order valence-corrected chi connectivity index (χ0v) is 24.3. The fourth-order valence-electron chi connectivity index (χ4n) is 4.59. The van der Waals surface area contributed by atoms with Crippen LogP contribution in [0, 0.1) is 16.5 Å². The van der Waals surface area contributed by atoms with Crippen molar-refractivity contribution in [1.82, 2.24) is 14.9 Å². The van der Waals surface area contributed by atoms with E-state index in [1.54, 1.807) is 12.1 Å². The van der Waals surface area contributed by atoms with Crippen molar-refractivity contribution in [3.05, 3.63) is 68.0 Å². The second kappa shape index (κ2) is 14.6. The third-order valence-electron chi connectivity index (χ3n) is 6.88. The summed E-state index contributed by atoms with van der Waals surface area (Å²) in [4.78, 5) is 52.0. The van der Waals surface area contributed by atoms with Crippen LogP contribution in [0.3, 0.4) is 0 Å². The summed E-state index contributed by atoms with van der Waals surface area (Å²) in [6.07, 6.45) is 2.53. The fourth-order valence-corrected chi connectivity index (χ4v) is 5.96. The summed E-state index contributed by atoms with van der Waals surface area (Å²) < 4.78 is 45.7. The molecule has 1 saturated heterocycles. The number of ether oxygens (including phenoxy) is 1. The molecule has 1 aromatic carbocycles. The van der Waals surface area contributed by atoms with Crippen LogP contribution in [0.1, 0.15) is 46.7 Å². The summed E-state index contributed by atoms with van der Waals surface area (Å²) in [5.41, 5.74) is -3.52. The molecule has 41 heavy (non-hydrogen) atoms. The van der Waals surface area contributed by atoms with Crippen molar-refractivity contribution in [2.75, 3.05) is 58.2 Å². The van der Waals surface area contributed by atoms with E-state index < -0.39 is 48.3 Å². The number of likely N-dealkylation sites (N-methyl/N-ethyl adjacent to an activating group) is 2. The Bertz CT molecular complexity index is 1300. The number of amides is 1. The lowest BCUT2D eigenvalue weighted by Gasteiger charge is -2.47. The van der Waals surface area contributed by atoms with Gasteiger partial charge in [-0.2, -0.15) is 0 Å². The molecule has 1 N–H and O–H groups in total. The summed E-state index contributed by atoms with van der Waals surface area (Å²) in [7, 11) is 2.38. The number of benzene rings is 1. The molecule has 1 amide bonds. The lowest BCUT2D eigenvalue weighted by atomic mass is 10.1. The van der Waals surface area contributed by atoms with E-state index in [-0.39, 0.29) is 24.4 Å². The number of pyridine rings is 1. The number of aromatic nitrogens is 1. The molecule has 15 heteroatoms. The van der Waals surface area contributed by atoms with Crippen LogP contribution >= 0.6 is 8.38 Å². The number of hydrogen-bond donors (Lipinski definition) is 1. The Morgan fingerprint density at radius 1 is 1.27 bits per heavy atom. The molecular formula is C26H34F2N5O7P. The maximum Gasteiger partial charge on any atom is 0.257 e. The van der Waals surface area contributed by atoms with Crippen LogP contribution in [-0.2, 0) is 20.3 Å². The molecule has 0 spiro atoms. The van der Waals surface area contributed by atoms with E-state index in [4.69, 9.17) is 13.8 Å². The van der Waals surface area contributed by atoms with Crippen LogP contribution in [-0.4, -0.2) is 80.7 Å². The van der Waals surface area contributed by atoms with E-state index in [1.165, 1.54) is 4.68 Å². The van der Waals surface area contributed by atoms with Gasteiger partial charge in [-0.15, -0.1) is 4.91 Å². The first-order valence-corrected chi connectivity index (χ1v) is 14.4. The zero-order chi connectivity index (χ0) is 30.2. The highest BCUT2D eigenvalue weighted by molar-refractivity contribution is 7.47. The van der Waals surface area contributed by atoms with E-state index in [0.717, 1.165) is 18.3 Å². The van der Waals surface area contributed by atoms with Gasteiger partial charge in [0.15, 0.2) is 20.3 Å². The number of nitrogens with one attached hydrogen (secondary N) is 1. The van der Waals surface area contributed by atoms with Crippen molar-refractivity contribution < 1.29 is 32.2 Å². The Morgan fingerprint density at radius 3 is 2.54 bits per heavy atom. The van der Waals surface area contributed by atoms with Gasteiger partial charge in [-0.25, -0.2) is 8.78 Å². The SMILES string of the molecule is CCOP(CCN(C)C1(N(C)n2cc(C(=O)NCc3ccc(F)cc3F)c(=O)c(N=O)c2C=O)CCOC1)OCC. The van der Waals surface area contributed by atoms with Gasteiger partial charge in [-0.3, -0.25) is 29.0 Å². The largest absolute Gasteiger partial charge is 0.377 e. The van der Waals surface area contributed by atoms with Gasteiger partial charge in [0.05, 0.1) is 26.4 Å². The molecule has 0 aliphatic carbocycles. The Balaban J connectivity index is 1.97. The second-order valence-electron chi connectivity index (χ2n) is 9.20. The molecule has 1 atom stereocenters. The minimum absolute atomic E-state index is 0.0156. The maximum atomic E-state index is 14.1. The molecule has 1 aliphatic rings. The average molecular weight is 598 g/mol. The predicted octanol–water partition coefficient (Wildman–Crippen LogP) is 3.27. The van der Waals surface area contributed by atoms with E-state index in [0.29, 0.717) is 51.3 Å². The number of hydrogen-bond acceptors (Lipinski definition) is 10. The Morgan fingerprint density at radius 2 is 1.98 bits per heavy atom. The Kier molecular flexibility index (Phi) is 11.6. The maximum absolute atomic E-state index is 14.1. The van der Waals surface area contributed by atoms with Crippen LogP contribution < -0.4 is 15.8 Å². The van der Waals surface area contributed by atoms with Gasteiger partial charge in [0.2, 0.25) is 5.43 Å². The highest BCUT2D eigenvalue weighted by atomic mass is 31.2. The van der Waals surface area contributed by atoms with Crippen molar-refractivity contribution in [3.8, 4) is 0 Å². The summed E-state index contributed by atoms with van der Waals surface area (Å²) >= 11 is 0. The van der Waals surface area contributed by atoms with E-state index >= 15 is 0 Å². The summed E-state index contributed by atoms with van der Waals surface area (Å²) in [5.74, 6) is -2.60. The molecule has 0 radical (unpaired) electrons. The molecule has 2 heterocycles. The molecule has 1 aliphatic heterocycles. The highest BCUT2D eigenvalue weighted by Gasteiger charge is 2.44. The standard InChI is InChI=1S/C26H34F2N5O7P/c1-5-39-41(40-6-2)12-10-31(3)26(9-11-38-17-26)32(4)33-15-20(24(35)23(30-37)22(33)16-34)25(36)29-14-18-7-8-19(27)13-21(18)28/h7-8,13,15-16H,5-6,9-12,14,17H2,1-4H3,(H,29,36). The number of nitrogens with zero attached hydrogens (tertiary/aromatic N) is 4. The minimum Gasteiger partial charge on any atom is -0.377 e. The van der Waals surface area contributed by atoms with E-state index in [2.05, 4.69) is 10.5 Å². The van der Waals surface area contributed by atoms with Gasteiger partial charge < -0.3 is 19.1 Å². The molecule has 12 nitrogen and oxygen atoms in total. The second-order valence-corrected chi connectivity index (χ2v) is 10.8. The topological polar surface area (TPSA) is 132 Å². The van der Waals surface area contributed by atoms with Crippen molar-refractivity contribution in [3.63, 3.8) is 0 Å². The lowest BCUT2D eigenvalue weighted by Crippen LogP contribution is -2.63. The zero-order valence-electron chi connectivity index (χ0n) is 23.4. The smallest absolute Gasteiger partial charge is 0.257 e. The molecule has 1 fully saturated rings. The molecule has 3 rings (SSSR count). The number of rotatable bonds is 15. The summed E-state index contributed by atoms with van der Waals surface area (Å²) in [6, 6.07) is 2.86. The highest BCUT2D eigenvalue weighted by Crippen LogP contribution is 2.39. The lowest BCUT2D eigenvalue weighted by molar-refractivity contribution is 0.0728. The van der Waals surface area contributed by atoms with Gasteiger partial charge in [0.1, 0.15) is 28.6 Å². The van der Waals surface area contributed by atoms with Gasteiger partial charge in [-0.05, 0) is 32.1 Å². The van der Waals surface area contributed by atoms with Crippen LogP contribution in [0.2, 0.25) is 0 Å². The van der Waals surface area contributed by atoms with Crippen molar-refractivity contribution >= 4 is 26.3 Å². The summed E-state index contributed by atoms with van der Waals surface area (Å²) in [6.45, 7) is 5.55. The fraction of sp³-hybridized carbons (Fsp3) is 0.500. The number of carbonyl (C=O) groups excluding carboxylic acids is 2. The van der Waals surface area contributed by atoms with Crippen molar-refractivity contribution in [2.24, 2.45) is 5.18 Å². The molecule has 2 aromatic rings. The molecule has 224 valence electrons. The van der Waals surface area contributed by atoms with Gasteiger partial charge >= 0.3 is 0 Å². The van der Waals surface area contributed by atoms with Crippen molar-refractivity contribution in [1.29, 1.82) is 0 Å². The van der Waals surface area contributed by atoms with Gasteiger partial charge in [-0.1, -0.05) is 6.07 Å². The van der Waals surface area contributed by atoms with Crippen molar-refractivity contribution in [2.45, 2.75) is 32.5 Å². The quantitative estimate of drug-likeness (QED) is 0.142. The summed E-state index contributed by atoms with van der Waals surface area (Å²) in [5, 5.41) is 6.79. The average Bonchev–Trinajstić information content (AvgIpc) is 3.46. The normalized spacial score (nSPS) is 16.8. The van der Waals surface area contributed by atoms with Crippen LogP contribution in [0.5, 0.6) is 0 Å². The van der Waals surface area contributed by atoms with Crippen LogP contribution in [0.25, 0.3) is 0 Å². The van der Waals surface area contributed by atoms with Crippen LogP contribution in [0.15, 0.2) is 34.4 Å². The Labute approximate surface area is 237 Å². The molecule has 0 bridgehead atoms. The van der Waals surface area contributed by atoms with Gasteiger partial charge in [0.25, 0.3) is 5.91 Å². The predicted molar refractivity (Wildman–Crippen MR) is 149 cm³/mol. The molecule has 1 aromatic heterocycles. The molecule has 0 saturated carbocycles. The third kappa shape index (κ3) is 7.19. The number of carbonyl (C=O) groups is 2. The number of nitroso groups, excluding NO2 is 1. The molecular weight excluding hydrogens is 563 g/mol. The van der Waals surface area contributed by atoms with Gasteiger partial charge in [0, 0.05) is 50.5 Å². The minimum atomic E-state index is -1.13. The first-order valence-electron chi connectivity index (χ1n) is 13.0. The first-order chi connectivity index (χ1) is 19.6. The van der Waals surface area contributed by atoms with E-state index in [9.17, 15) is 28.1 Å². The molecule has 1 unspecified atom stereocenters. The number of aldehydes is 1. The number of halogens is 2. The monoisotopic (exact) mass is 597 g/mol. The Hall–Kier alpha value is -3.16. The third-order valence-corrected chi connectivity index (χ3v) is 8.54. The first kappa shape index (κ1) is 32.4.